The molecule has 0 amide bonds. The molecule has 15 heavy (non-hydrogen) atoms. The largest absolute Gasteiger partial charge is 0.328 e. The molecule has 0 aliphatic carbocycles. The highest BCUT2D eigenvalue weighted by Crippen LogP contribution is 2.06. The summed E-state index contributed by atoms with van der Waals surface area (Å²) in [7, 11) is 2.14. The van der Waals surface area contributed by atoms with Crippen LogP contribution in [0.4, 0.5) is 0 Å². The average molecular weight is 206 g/mol. The van der Waals surface area contributed by atoms with E-state index in [2.05, 4.69) is 50.1 Å². The molecule has 1 aromatic carbocycles. The Morgan fingerprint density at radius 1 is 1.27 bits per heavy atom. The monoisotopic (exact) mass is 206 g/mol. The van der Waals surface area contributed by atoms with Crippen molar-refractivity contribution in [2.45, 2.75) is 32.9 Å². The van der Waals surface area contributed by atoms with E-state index in [1.165, 1.54) is 11.1 Å². The lowest BCUT2D eigenvalue weighted by molar-refractivity contribution is 0.313. The molecule has 0 fully saturated rings. The summed E-state index contributed by atoms with van der Waals surface area (Å²) in [5.41, 5.74) is 8.41. The first-order chi connectivity index (χ1) is 7.08. The molecule has 0 aromatic heterocycles. The molecule has 0 bridgehead atoms. The Hall–Kier alpha value is -0.860. The van der Waals surface area contributed by atoms with E-state index in [1.54, 1.807) is 0 Å². The summed E-state index contributed by atoms with van der Waals surface area (Å²) in [6.45, 7) is 6.24. The van der Waals surface area contributed by atoms with Gasteiger partial charge in [0.25, 0.3) is 0 Å². The highest BCUT2D eigenvalue weighted by atomic mass is 15.1. The van der Waals surface area contributed by atoms with Gasteiger partial charge in [-0.2, -0.15) is 0 Å². The highest BCUT2D eigenvalue weighted by Gasteiger charge is 2.01. The Kier molecular flexibility index (Phi) is 4.79. The molecule has 2 heteroatoms. The highest BCUT2D eigenvalue weighted by molar-refractivity contribution is 5.21. The average Bonchev–Trinajstić information content (AvgIpc) is 2.19. The van der Waals surface area contributed by atoms with Crippen molar-refractivity contribution < 1.29 is 0 Å². The van der Waals surface area contributed by atoms with Crippen LogP contribution in [0.5, 0.6) is 0 Å². The standard InChI is InChI=1S/C13H22N2/c1-11-4-6-13(7-5-11)10-15(3)9-8-12(2)14/h4-7,12H,8-10,14H2,1-3H3. The molecule has 2 nitrogen and oxygen atoms in total. The fourth-order valence-corrected chi connectivity index (χ4v) is 1.51. The van der Waals surface area contributed by atoms with E-state index in [1.807, 2.05) is 0 Å². The van der Waals surface area contributed by atoms with Crippen LogP contribution in [0, 0.1) is 6.92 Å². The van der Waals surface area contributed by atoms with Crippen molar-refractivity contribution in [1.82, 2.24) is 4.90 Å². The van der Waals surface area contributed by atoms with E-state index in [4.69, 9.17) is 5.73 Å². The number of nitrogens with two attached hydrogens (primary N) is 1. The molecular formula is C13H22N2. The fourth-order valence-electron chi connectivity index (χ4n) is 1.51. The molecule has 0 radical (unpaired) electrons. The molecule has 1 aromatic rings. The van der Waals surface area contributed by atoms with Crippen LogP contribution in [0.1, 0.15) is 24.5 Å². The van der Waals surface area contributed by atoms with E-state index in [0.29, 0.717) is 6.04 Å². The predicted molar refractivity (Wildman–Crippen MR) is 65.8 cm³/mol. The Balaban J connectivity index is 2.37. The number of aryl methyl sites for hydroxylation is 1. The summed E-state index contributed by atoms with van der Waals surface area (Å²) in [6, 6.07) is 9.00. The van der Waals surface area contributed by atoms with Gasteiger partial charge in [-0.3, -0.25) is 0 Å². The zero-order chi connectivity index (χ0) is 11.3. The normalized spacial score (nSPS) is 13.1. The van der Waals surface area contributed by atoms with Crippen LogP contribution in [-0.2, 0) is 6.54 Å². The van der Waals surface area contributed by atoms with Crippen molar-refractivity contribution in [2.75, 3.05) is 13.6 Å². The molecule has 0 saturated heterocycles. The second-order valence-electron chi connectivity index (χ2n) is 4.49. The van der Waals surface area contributed by atoms with Crippen molar-refractivity contribution in [3.05, 3.63) is 35.4 Å². The summed E-state index contributed by atoms with van der Waals surface area (Å²) < 4.78 is 0. The van der Waals surface area contributed by atoms with Crippen LogP contribution in [0.2, 0.25) is 0 Å². The maximum absolute atomic E-state index is 5.73. The molecule has 0 spiro atoms. The minimum atomic E-state index is 0.297. The SMILES string of the molecule is Cc1ccc(CN(C)CCC(C)N)cc1. The Morgan fingerprint density at radius 2 is 1.87 bits per heavy atom. The van der Waals surface area contributed by atoms with Crippen LogP contribution in [0.25, 0.3) is 0 Å². The smallest absolute Gasteiger partial charge is 0.0230 e. The lowest BCUT2D eigenvalue weighted by atomic mass is 10.1. The van der Waals surface area contributed by atoms with Gasteiger partial charge in [-0.15, -0.1) is 0 Å². The van der Waals surface area contributed by atoms with Gasteiger partial charge >= 0.3 is 0 Å². The zero-order valence-electron chi connectivity index (χ0n) is 10.0. The molecule has 0 aliphatic heterocycles. The van der Waals surface area contributed by atoms with Gasteiger partial charge in [0, 0.05) is 12.6 Å². The van der Waals surface area contributed by atoms with Crippen molar-refractivity contribution in [3.8, 4) is 0 Å². The zero-order valence-corrected chi connectivity index (χ0v) is 10.0. The Bertz CT molecular complexity index is 277. The first kappa shape index (κ1) is 12.2. The lowest BCUT2D eigenvalue weighted by Gasteiger charge is -2.17. The third kappa shape index (κ3) is 4.96. The number of rotatable bonds is 5. The summed E-state index contributed by atoms with van der Waals surface area (Å²) in [5.74, 6) is 0. The molecule has 1 rings (SSSR count). The van der Waals surface area contributed by atoms with Crippen LogP contribution < -0.4 is 5.73 Å². The van der Waals surface area contributed by atoms with Gasteiger partial charge in [-0.05, 0) is 39.4 Å². The molecule has 0 aliphatic rings. The van der Waals surface area contributed by atoms with Gasteiger partial charge in [-0.25, -0.2) is 0 Å². The Morgan fingerprint density at radius 3 is 2.40 bits per heavy atom. The van der Waals surface area contributed by atoms with Crippen molar-refractivity contribution in [2.24, 2.45) is 5.73 Å². The van der Waals surface area contributed by atoms with Gasteiger partial charge in [0.1, 0.15) is 0 Å². The summed E-state index contributed by atoms with van der Waals surface area (Å²) in [5, 5.41) is 0. The van der Waals surface area contributed by atoms with E-state index in [-0.39, 0.29) is 0 Å². The third-order valence-electron chi connectivity index (χ3n) is 2.54. The van der Waals surface area contributed by atoms with E-state index >= 15 is 0 Å². The lowest BCUT2D eigenvalue weighted by Crippen LogP contribution is -2.25. The molecule has 0 saturated carbocycles. The van der Waals surface area contributed by atoms with Gasteiger partial charge in [0.05, 0.1) is 0 Å². The molecule has 1 atom stereocenters. The first-order valence-electron chi connectivity index (χ1n) is 5.57. The summed E-state index contributed by atoms with van der Waals surface area (Å²) in [4.78, 5) is 2.31. The number of benzene rings is 1. The second kappa shape index (κ2) is 5.89. The van der Waals surface area contributed by atoms with Crippen LogP contribution in [0.3, 0.4) is 0 Å². The number of nitrogens with zero attached hydrogens (tertiary/aromatic N) is 1. The number of hydrogen-bond acceptors (Lipinski definition) is 2. The van der Waals surface area contributed by atoms with Crippen LogP contribution in [0.15, 0.2) is 24.3 Å². The van der Waals surface area contributed by atoms with E-state index in [9.17, 15) is 0 Å². The summed E-state index contributed by atoms with van der Waals surface area (Å²) >= 11 is 0. The van der Waals surface area contributed by atoms with Gasteiger partial charge < -0.3 is 10.6 Å². The first-order valence-corrected chi connectivity index (χ1v) is 5.57. The van der Waals surface area contributed by atoms with Gasteiger partial charge in [0.15, 0.2) is 0 Å². The minimum Gasteiger partial charge on any atom is -0.328 e. The van der Waals surface area contributed by atoms with Crippen LogP contribution in [-0.4, -0.2) is 24.5 Å². The van der Waals surface area contributed by atoms with Gasteiger partial charge in [-0.1, -0.05) is 29.8 Å². The Labute approximate surface area is 93.1 Å². The molecule has 84 valence electrons. The maximum Gasteiger partial charge on any atom is 0.0230 e. The van der Waals surface area contributed by atoms with Crippen molar-refractivity contribution >= 4 is 0 Å². The van der Waals surface area contributed by atoms with Crippen molar-refractivity contribution in [1.29, 1.82) is 0 Å². The quantitative estimate of drug-likeness (QED) is 0.800. The maximum atomic E-state index is 5.73. The molecule has 2 N–H and O–H groups in total. The third-order valence-corrected chi connectivity index (χ3v) is 2.54. The van der Waals surface area contributed by atoms with Crippen LogP contribution >= 0.6 is 0 Å². The number of hydrogen-bond donors (Lipinski definition) is 1. The van der Waals surface area contributed by atoms with Gasteiger partial charge in [0.2, 0.25) is 0 Å². The topological polar surface area (TPSA) is 29.3 Å². The molecule has 0 heterocycles. The predicted octanol–water partition coefficient (Wildman–Crippen LogP) is 2.16. The van der Waals surface area contributed by atoms with E-state index < -0.39 is 0 Å². The summed E-state index contributed by atoms with van der Waals surface area (Å²) in [6.07, 6.45) is 1.06. The molecule has 1 unspecified atom stereocenters. The van der Waals surface area contributed by atoms with Crippen molar-refractivity contribution in [3.63, 3.8) is 0 Å². The minimum absolute atomic E-state index is 0.297. The fraction of sp³-hybridized carbons (Fsp3) is 0.538. The second-order valence-corrected chi connectivity index (χ2v) is 4.49. The van der Waals surface area contributed by atoms with E-state index in [0.717, 1.165) is 19.5 Å². The molecular weight excluding hydrogens is 184 g/mol.